The Morgan fingerprint density at radius 2 is 1.95 bits per heavy atom. The molecule has 112 valence electrons. The molecule has 0 saturated carbocycles. The summed E-state index contributed by atoms with van der Waals surface area (Å²) in [6.07, 6.45) is 6.13. The highest BCUT2D eigenvalue weighted by molar-refractivity contribution is 5.75. The number of nitrogens with one attached hydrogen (secondary N) is 1. The molecule has 2 atom stereocenters. The molecule has 0 bridgehead atoms. The maximum atomic E-state index is 11.2. The molecule has 0 rings (SSSR count). The van der Waals surface area contributed by atoms with Crippen LogP contribution in [0.25, 0.3) is 0 Å². The van der Waals surface area contributed by atoms with E-state index in [1.165, 1.54) is 12.8 Å². The topological polar surface area (TPSA) is 114 Å². The number of nitrogens with zero attached hydrogens (tertiary/aromatic N) is 1. The number of carboxylic acid groups (broad SMARTS) is 1. The molecule has 0 aromatic rings. The molecule has 0 amide bonds. The molecule has 19 heavy (non-hydrogen) atoms. The smallest absolute Gasteiger partial charge is 0.320 e. The fraction of sp³-hybridized carbons (Fsp3) is 0.846. The standard InChI is InChI=1S/C13H28N4O2/c1-3-4-5-6-7-10(8-9-17-13(14)15)11(16-2)12(18)19/h10-11,16H,3-9H2,1-2H3,(H,18,19)(H4,14,15,17)/t10?,11-/m0/s1. The maximum Gasteiger partial charge on any atom is 0.320 e. The second-order valence-electron chi connectivity index (χ2n) is 4.81. The molecule has 0 aliphatic carbocycles. The third-order valence-electron chi connectivity index (χ3n) is 3.27. The van der Waals surface area contributed by atoms with Gasteiger partial charge in [-0.2, -0.15) is 0 Å². The number of nitrogens with two attached hydrogens (primary N) is 2. The van der Waals surface area contributed by atoms with Crippen LogP contribution in [0.1, 0.15) is 45.4 Å². The Morgan fingerprint density at radius 1 is 1.26 bits per heavy atom. The van der Waals surface area contributed by atoms with Crippen LogP contribution in [-0.2, 0) is 4.79 Å². The van der Waals surface area contributed by atoms with Crippen molar-refractivity contribution >= 4 is 11.9 Å². The van der Waals surface area contributed by atoms with Crippen LogP contribution < -0.4 is 16.8 Å². The van der Waals surface area contributed by atoms with Gasteiger partial charge in [0.15, 0.2) is 5.96 Å². The molecule has 0 radical (unpaired) electrons. The van der Waals surface area contributed by atoms with Crippen LogP contribution in [-0.4, -0.2) is 36.7 Å². The molecule has 0 aliphatic heterocycles. The van der Waals surface area contributed by atoms with E-state index in [9.17, 15) is 9.90 Å². The minimum Gasteiger partial charge on any atom is -0.480 e. The van der Waals surface area contributed by atoms with Crippen molar-refractivity contribution in [1.29, 1.82) is 0 Å². The summed E-state index contributed by atoms with van der Waals surface area (Å²) in [6, 6.07) is -0.532. The zero-order valence-electron chi connectivity index (χ0n) is 12.1. The average molecular weight is 272 g/mol. The molecular weight excluding hydrogens is 244 g/mol. The first kappa shape index (κ1) is 17.7. The monoisotopic (exact) mass is 272 g/mol. The predicted molar refractivity (Wildman–Crippen MR) is 78.0 cm³/mol. The van der Waals surface area contributed by atoms with Gasteiger partial charge in [0.2, 0.25) is 0 Å². The Kier molecular flexibility index (Phi) is 9.88. The number of aliphatic carboxylic acids is 1. The number of guanidine groups is 1. The zero-order valence-corrected chi connectivity index (χ0v) is 12.1. The van der Waals surface area contributed by atoms with Gasteiger partial charge in [-0.05, 0) is 25.8 Å². The van der Waals surface area contributed by atoms with E-state index >= 15 is 0 Å². The third-order valence-corrected chi connectivity index (χ3v) is 3.27. The number of carboxylic acids is 1. The second-order valence-corrected chi connectivity index (χ2v) is 4.81. The van der Waals surface area contributed by atoms with Crippen LogP contribution in [0.15, 0.2) is 4.99 Å². The summed E-state index contributed by atoms with van der Waals surface area (Å²) in [5.74, 6) is -0.698. The lowest BCUT2D eigenvalue weighted by Gasteiger charge is -2.23. The Balaban J connectivity index is 4.35. The zero-order chi connectivity index (χ0) is 14.7. The number of aliphatic imine (C=N–C) groups is 1. The van der Waals surface area contributed by atoms with E-state index in [2.05, 4.69) is 17.2 Å². The highest BCUT2D eigenvalue weighted by atomic mass is 16.4. The molecule has 0 saturated heterocycles. The second kappa shape index (κ2) is 10.6. The van der Waals surface area contributed by atoms with Crippen LogP contribution in [0.5, 0.6) is 0 Å². The molecule has 0 aromatic carbocycles. The third kappa shape index (κ3) is 8.42. The van der Waals surface area contributed by atoms with E-state index in [0.717, 1.165) is 19.3 Å². The number of hydrogen-bond acceptors (Lipinski definition) is 3. The molecule has 0 fully saturated rings. The minimum atomic E-state index is -0.812. The van der Waals surface area contributed by atoms with Crippen molar-refractivity contribution in [2.45, 2.75) is 51.5 Å². The van der Waals surface area contributed by atoms with Crippen LogP contribution in [0.4, 0.5) is 0 Å². The first-order valence-corrected chi connectivity index (χ1v) is 6.98. The number of hydrogen-bond donors (Lipinski definition) is 4. The van der Waals surface area contributed by atoms with Crippen LogP contribution in [0.2, 0.25) is 0 Å². The molecule has 0 heterocycles. The van der Waals surface area contributed by atoms with Crippen molar-refractivity contribution in [3.63, 3.8) is 0 Å². The lowest BCUT2D eigenvalue weighted by atomic mass is 9.90. The fourth-order valence-electron chi connectivity index (χ4n) is 2.23. The van der Waals surface area contributed by atoms with Crippen LogP contribution in [0, 0.1) is 5.92 Å². The summed E-state index contributed by atoms with van der Waals surface area (Å²) in [5.41, 5.74) is 10.6. The van der Waals surface area contributed by atoms with Gasteiger partial charge >= 0.3 is 5.97 Å². The highest BCUT2D eigenvalue weighted by Gasteiger charge is 2.25. The number of unbranched alkanes of at least 4 members (excludes halogenated alkanes) is 3. The van der Waals surface area contributed by atoms with Crippen LogP contribution in [0.3, 0.4) is 0 Å². The van der Waals surface area contributed by atoms with Gasteiger partial charge in [-0.3, -0.25) is 9.79 Å². The Labute approximate surface area is 115 Å². The van der Waals surface area contributed by atoms with E-state index in [1.54, 1.807) is 7.05 Å². The van der Waals surface area contributed by atoms with E-state index in [1.807, 2.05) is 0 Å². The fourth-order valence-corrected chi connectivity index (χ4v) is 2.23. The van der Waals surface area contributed by atoms with Crippen molar-refractivity contribution in [3.8, 4) is 0 Å². The summed E-state index contributed by atoms with van der Waals surface area (Å²) >= 11 is 0. The van der Waals surface area contributed by atoms with Gasteiger partial charge < -0.3 is 21.9 Å². The van der Waals surface area contributed by atoms with E-state index in [4.69, 9.17) is 11.5 Å². The summed E-state index contributed by atoms with van der Waals surface area (Å²) in [6.45, 7) is 2.64. The van der Waals surface area contributed by atoms with Crippen molar-refractivity contribution in [3.05, 3.63) is 0 Å². The molecule has 0 aliphatic rings. The van der Waals surface area contributed by atoms with Gasteiger partial charge in [0, 0.05) is 6.54 Å². The molecular formula is C13H28N4O2. The summed E-state index contributed by atoms with van der Waals surface area (Å²) in [5, 5.41) is 12.1. The van der Waals surface area contributed by atoms with Gasteiger partial charge in [-0.15, -0.1) is 0 Å². The number of rotatable bonds is 11. The maximum absolute atomic E-state index is 11.2. The van der Waals surface area contributed by atoms with Gasteiger partial charge in [0.05, 0.1) is 0 Å². The van der Waals surface area contributed by atoms with E-state index in [-0.39, 0.29) is 11.9 Å². The molecule has 0 aromatic heterocycles. The minimum absolute atomic E-state index is 0.0565. The van der Waals surface area contributed by atoms with Gasteiger partial charge in [-0.1, -0.05) is 32.6 Å². The van der Waals surface area contributed by atoms with Gasteiger partial charge in [0.1, 0.15) is 6.04 Å². The molecule has 1 unspecified atom stereocenters. The van der Waals surface area contributed by atoms with Gasteiger partial charge in [0.25, 0.3) is 0 Å². The Hall–Kier alpha value is -1.30. The molecule has 6 N–H and O–H groups in total. The Bertz CT molecular complexity index is 278. The molecule has 0 spiro atoms. The van der Waals surface area contributed by atoms with Crippen molar-refractivity contribution in [2.75, 3.05) is 13.6 Å². The average Bonchev–Trinajstić information content (AvgIpc) is 2.33. The predicted octanol–water partition coefficient (Wildman–Crippen LogP) is 0.909. The first-order valence-electron chi connectivity index (χ1n) is 6.98. The lowest BCUT2D eigenvalue weighted by molar-refractivity contribution is -0.141. The quantitative estimate of drug-likeness (QED) is 0.253. The summed E-state index contributed by atoms with van der Waals surface area (Å²) in [4.78, 5) is 15.1. The summed E-state index contributed by atoms with van der Waals surface area (Å²) < 4.78 is 0. The largest absolute Gasteiger partial charge is 0.480 e. The first-order chi connectivity index (χ1) is 9.02. The van der Waals surface area contributed by atoms with E-state index < -0.39 is 12.0 Å². The van der Waals surface area contributed by atoms with Crippen LogP contribution >= 0.6 is 0 Å². The summed E-state index contributed by atoms with van der Waals surface area (Å²) in [7, 11) is 1.68. The van der Waals surface area contributed by atoms with Crippen molar-refractivity contribution in [1.82, 2.24) is 5.32 Å². The van der Waals surface area contributed by atoms with E-state index in [0.29, 0.717) is 13.0 Å². The highest BCUT2D eigenvalue weighted by Crippen LogP contribution is 2.19. The van der Waals surface area contributed by atoms with Gasteiger partial charge in [-0.25, -0.2) is 0 Å². The number of likely N-dealkylation sites (N-methyl/N-ethyl adjacent to an activating group) is 1. The lowest BCUT2D eigenvalue weighted by Crippen LogP contribution is -2.41. The Morgan fingerprint density at radius 3 is 2.42 bits per heavy atom. The SMILES string of the molecule is CCCCCCC(CCN=C(N)N)[C@H](NC)C(=O)O. The van der Waals surface area contributed by atoms with Crippen molar-refractivity contribution < 1.29 is 9.90 Å². The van der Waals surface area contributed by atoms with Crippen molar-refractivity contribution in [2.24, 2.45) is 22.4 Å². The normalized spacial score (nSPS) is 13.8. The molecule has 6 heteroatoms. The number of carbonyl (C=O) groups is 1. The molecule has 6 nitrogen and oxygen atoms in total.